The van der Waals surface area contributed by atoms with E-state index < -0.39 is 0 Å². The maximum absolute atomic E-state index is 5.12. The molecular weight excluding hydrogens is 377 g/mol. The van der Waals surface area contributed by atoms with Gasteiger partial charge >= 0.3 is 0 Å². The highest BCUT2D eigenvalue weighted by Gasteiger charge is 2.03. The minimum Gasteiger partial charge on any atom is -0.383 e. The summed E-state index contributed by atoms with van der Waals surface area (Å²) in [4.78, 5) is 4.60. The van der Waals surface area contributed by atoms with E-state index in [1.54, 1.807) is 7.11 Å². The molecule has 1 rings (SSSR count). The average molecular weight is 405 g/mol. The van der Waals surface area contributed by atoms with Crippen molar-refractivity contribution in [2.75, 3.05) is 26.8 Å². The zero-order valence-electron chi connectivity index (χ0n) is 13.5. The van der Waals surface area contributed by atoms with Gasteiger partial charge in [-0.05, 0) is 32.8 Å². The molecule has 0 aromatic heterocycles. The summed E-state index contributed by atoms with van der Waals surface area (Å²) in [7, 11) is 1.71. The molecule has 5 heteroatoms. The lowest BCUT2D eigenvalue weighted by Crippen LogP contribution is -2.44. The number of methoxy groups -OCH3 is 1. The molecule has 0 saturated heterocycles. The summed E-state index contributed by atoms with van der Waals surface area (Å²) in [6.07, 6.45) is 0.955. The van der Waals surface area contributed by atoms with Crippen LogP contribution in [0.25, 0.3) is 0 Å². The van der Waals surface area contributed by atoms with Crippen LogP contribution < -0.4 is 10.6 Å². The van der Waals surface area contributed by atoms with Gasteiger partial charge in [-0.3, -0.25) is 4.99 Å². The standard InChI is InChI=1S/C16H27N3O.HI/c1-5-17-16(19-14(3)12-20-4)18-10-9-15-8-6-7-13(2)11-15;/h6-8,11,14H,5,9-10,12H2,1-4H3,(H2,17,18,19);1H. The number of rotatable bonds is 7. The highest BCUT2D eigenvalue weighted by Crippen LogP contribution is 2.04. The summed E-state index contributed by atoms with van der Waals surface area (Å²) in [5.41, 5.74) is 2.62. The van der Waals surface area contributed by atoms with E-state index in [4.69, 9.17) is 4.74 Å². The van der Waals surface area contributed by atoms with Gasteiger partial charge in [-0.15, -0.1) is 24.0 Å². The van der Waals surface area contributed by atoms with Crippen molar-refractivity contribution in [2.24, 2.45) is 4.99 Å². The van der Waals surface area contributed by atoms with Gasteiger partial charge in [0.15, 0.2) is 5.96 Å². The van der Waals surface area contributed by atoms with E-state index >= 15 is 0 Å². The lowest BCUT2D eigenvalue weighted by Gasteiger charge is -2.17. The first kappa shape index (κ1) is 20.2. The third-order valence-corrected chi connectivity index (χ3v) is 2.90. The quantitative estimate of drug-likeness (QED) is 0.417. The number of ether oxygens (including phenoxy) is 1. The van der Waals surface area contributed by atoms with Crippen LogP contribution in [0.15, 0.2) is 29.3 Å². The molecule has 0 aliphatic heterocycles. The molecule has 1 atom stereocenters. The summed E-state index contributed by atoms with van der Waals surface area (Å²) in [6.45, 7) is 8.57. The second-order valence-corrected chi connectivity index (χ2v) is 5.00. The Morgan fingerprint density at radius 1 is 1.38 bits per heavy atom. The van der Waals surface area contributed by atoms with Gasteiger partial charge in [0, 0.05) is 26.2 Å². The minimum absolute atomic E-state index is 0. The molecule has 0 bridgehead atoms. The molecule has 0 amide bonds. The van der Waals surface area contributed by atoms with Crippen molar-refractivity contribution in [3.63, 3.8) is 0 Å². The Bertz CT molecular complexity index is 424. The summed E-state index contributed by atoms with van der Waals surface area (Å²) in [5, 5.41) is 6.58. The van der Waals surface area contributed by atoms with Gasteiger partial charge < -0.3 is 15.4 Å². The van der Waals surface area contributed by atoms with Crippen LogP contribution in [-0.4, -0.2) is 38.8 Å². The number of hydrogen-bond donors (Lipinski definition) is 2. The molecule has 1 aromatic carbocycles. The van der Waals surface area contributed by atoms with E-state index in [0.29, 0.717) is 6.61 Å². The number of nitrogens with zero attached hydrogens (tertiary/aromatic N) is 1. The Kier molecular flexibility index (Phi) is 11.3. The third kappa shape index (κ3) is 8.93. The number of aryl methyl sites for hydroxylation is 1. The highest BCUT2D eigenvalue weighted by atomic mass is 127. The van der Waals surface area contributed by atoms with Gasteiger partial charge in [-0.25, -0.2) is 0 Å². The normalized spacial score (nSPS) is 12.5. The largest absolute Gasteiger partial charge is 0.383 e. The van der Waals surface area contributed by atoms with Crippen LogP contribution in [0.1, 0.15) is 25.0 Å². The fourth-order valence-corrected chi connectivity index (χ4v) is 2.01. The highest BCUT2D eigenvalue weighted by molar-refractivity contribution is 14.0. The second-order valence-electron chi connectivity index (χ2n) is 5.00. The van der Waals surface area contributed by atoms with Crippen LogP contribution >= 0.6 is 24.0 Å². The first-order chi connectivity index (χ1) is 9.65. The zero-order valence-corrected chi connectivity index (χ0v) is 15.8. The van der Waals surface area contributed by atoms with Gasteiger partial charge in [0.05, 0.1) is 6.61 Å². The molecule has 1 aromatic rings. The summed E-state index contributed by atoms with van der Waals surface area (Å²) in [6, 6.07) is 8.82. The number of benzene rings is 1. The van der Waals surface area contributed by atoms with Crippen LogP contribution in [0.2, 0.25) is 0 Å². The molecule has 1 unspecified atom stereocenters. The van der Waals surface area contributed by atoms with E-state index in [9.17, 15) is 0 Å². The van der Waals surface area contributed by atoms with E-state index in [1.807, 2.05) is 0 Å². The fourth-order valence-electron chi connectivity index (χ4n) is 2.01. The molecule has 0 aliphatic carbocycles. The van der Waals surface area contributed by atoms with Gasteiger partial charge in [-0.2, -0.15) is 0 Å². The smallest absolute Gasteiger partial charge is 0.191 e. The Labute approximate surface area is 145 Å². The van der Waals surface area contributed by atoms with Crippen LogP contribution in [0.4, 0.5) is 0 Å². The molecule has 0 radical (unpaired) electrons. The van der Waals surface area contributed by atoms with Crippen LogP contribution in [-0.2, 0) is 11.2 Å². The van der Waals surface area contributed by atoms with E-state index in [-0.39, 0.29) is 30.0 Å². The number of guanidine groups is 1. The maximum Gasteiger partial charge on any atom is 0.191 e. The molecule has 4 nitrogen and oxygen atoms in total. The van der Waals surface area contributed by atoms with Gasteiger partial charge in [0.2, 0.25) is 0 Å². The number of hydrogen-bond acceptors (Lipinski definition) is 2. The van der Waals surface area contributed by atoms with Crippen LogP contribution in [0.3, 0.4) is 0 Å². The van der Waals surface area contributed by atoms with Crippen LogP contribution in [0, 0.1) is 6.92 Å². The molecule has 0 heterocycles. The molecular formula is C16H28IN3O. The summed E-state index contributed by atoms with van der Waals surface area (Å²) in [5.74, 6) is 0.852. The average Bonchev–Trinajstić information content (AvgIpc) is 2.39. The molecule has 0 spiro atoms. The number of aliphatic imine (C=N–C) groups is 1. The van der Waals surface area contributed by atoms with E-state index in [2.05, 4.69) is 60.7 Å². The van der Waals surface area contributed by atoms with Crippen molar-refractivity contribution < 1.29 is 4.74 Å². The number of nitrogens with one attached hydrogen (secondary N) is 2. The first-order valence-electron chi connectivity index (χ1n) is 7.25. The summed E-state index contributed by atoms with van der Waals surface area (Å²) >= 11 is 0. The Morgan fingerprint density at radius 3 is 2.76 bits per heavy atom. The topological polar surface area (TPSA) is 45.7 Å². The van der Waals surface area contributed by atoms with Gasteiger partial charge in [-0.1, -0.05) is 29.8 Å². The Hall–Kier alpha value is -0.820. The van der Waals surface area contributed by atoms with Crippen molar-refractivity contribution in [1.29, 1.82) is 0 Å². The molecule has 120 valence electrons. The predicted molar refractivity (Wildman–Crippen MR) is 101 cm³/mol. The lowest BCUT2D eigenvalue weighted by molar-refractivity contribution is 0.179. The predicted octanol–water partition coefficient (Wildman–Crippen LogP) is 2.75. The Morgan fingerprint density at radius 2 is 2.14 bits per heavy atom. The van der Waals surface area contributed by atoms with Crippen molar-refractivity contribution in [1.82, 2.24) is 10.6 Å². The number of halogens is 1. The van der Waals surface area contributed by atoms with Crippen molar-refractivity contribution in [3.05, 3.63) is 35.4 Å². The molecule has 2 N–H and O–H groups in total. The molecule has 0 saturated carbocycles. The molecule has 21 heavy (non-hydrogen) atoms. The monoisotopic (exact) mass is 405 g/mol. The summed E-state index contributed by atoms with van der Waals surface area (Å²) < 4.78 is 5.12. The van der Waals surface area contributed by atoms with Gasteiger partial charge in [0.1, 0.15) is 0 Å². The van der Waals surface area contributed by atoms with Crippen LogP contribution in [0.5, 0.6) is 0 Å². The lowest BCUT2D eigenvalue weighted by atomic mass is 10.1. The second kappa shape index (κ2) is 11.8. The maximum atomic E-state index is 5.12. The Balaban J connectivity index is 0.00000400. The van der Waals surface area contributed by atoms with Crippen molar-refractivity contribution in [3.8, 4) is 0 Å². The van der Waals surface area contributed by atoms with Crippen molar-refractivity contribution in [2.45, 2.75) is 33.2 Å². The van der Waals surface area contributed by atoms with Gasteiger partial charge in [0.25, 0.3) is 0 Å². The first-order valence-corrected chi connectivity index (χ1v) is 7.25. The van der Waals surface area contributed by atoms with E-state index in [0.717, 1.165) is 25.5 Å². The molecule has 0 fully saturated rings. The molecule has 0 aliphatic rings. The SMILES string of the molecule is CCNC(=NCCc1cccc(C)c1)NC(C)COC.I. The third-order valence-electron chi connectivity index (χ3n) is 2.90. The van der Waals surface area contributed by atoms with Crippen molar-refractivity contribution >= 4 is 29.9 Å². The van der Waals surface area contributed by atoms with E-state index in [1.165, 1.54) is 11.1 Å². The fraction of sp³-hybridized carbons (Fsp3) is 0.562. The zero-order chi connectivity index (χ0) is 14.8. The minimum atomic E-state index is 0.